The number of hydrogen-bond acceptors (Lipinski definition) is 3. The summed E-state index contributed by atoms with van der Waals surface area (Å²) in [6.45, 7) is 7.27. The molecular formula is C15H19N3. The van der Waals surface area contributed by atoms with Crippen LogP contribution in [0, 0.1) is 0 Å². The molecule has 0 radical (unpaired) electrons. The minimum absolute atomic E-state index is 0.525. The highest BCUT2D eigenvalue weighted by Crippen LogP contribution is 2.22. The van der Waals surface area contributed by atoms with Gasteiger partial charge in [0.05, 0.1) is 5.52 Å². The number of likely N-dealkylation sites (N-methyl/N-ethyl adjacent to an activating group) is 1. The van der Waals surface area contributed by atoms with E-state index in [2.05, 4.69) is 28.6 Å². The van der Waals surface area contributed by atoms with E-state index in [9.17, 15) is 0 Å². The lowest BCUT2D eigenvalue weighted by Crippen LogP contribution is -2.20. The second-order valence-electron chi connectivity index (χ2n) is 4.67. The van der Waals surface area contributed by atoms with Gasteiger partial charge < -0.3 is 10.6 Å². The molecule has 2 N–H and O–H groups in total. The average Bonchev–Trinajstić information content (AvgIpc) is 2.36. The van der Waals surface area contributed by atoms with Crippen LogP contribution in [0.4, 0.5) is 5.82 Å². The lowest BCUT2D eigenvalue weighted by molar-refractivity contribution is 0.953. The maximum Gasteiger partial charge on any atom is 0.129 e. The van der Waals surface area contributed by atoms with Crippen molar-refractivity contribution >= 4 is 16.7 Å². The van der Waals surface area contributed by atoms with E-state index >= 15 is 0 Å². The first kappa shape index (κ1) is 12.6. The third-order valence-corrected chi connectivity index (χ3v) is 2.91. The van der Waals surface area contributed by atoms with Gasteiger partial charge in [-0.2, -0.15) is 0 Å². The second kappa shape index (κ2) is 5.19. The Morgan fingerprint density at radius 3 is 2.78 bits per heavy atom. The number of fused-ring (bicyclic) bond motifs is 1. The highest BCUT2D eigenvalue weighted by molar-refractivity contribution is 5.84. The zero-order chi connectivity index (χ0) is 13.1. The molecule has 1 aromatic heterocycles. The molecule has 2 aromatic rings. The van der Waals surface area contributed by atoms with Gasteiger partial charge in [0, 0.05) is 25.5 Å². The molecule has 3 heteroatoms. The summed E-state index contributed by atoms with van der Waals surface area (Å²) in [5, 5.41) is 1.13. The van der Waals surface area contributed by atoms with Gasteiger partial charge >= 0.3 is 0 Å². The van der Waals surface area contributed by atoms with Gasteiger partial charge in [-0.3, -0.25) is 0 Å². The van der Waals surface area contributed by atoms with Gasteiger partial charge in [-0.15, -0.1) is 0 Å². The van der Waals surface area contributed by atoms with E-state index < -0.39 is 0 Å². The van der Waals surface area contributed by atoms with E-state index in [1.54, 1.807) is 0 Å². The predicted octanol–water partition coefficient (Wildman–Crippen LogP) is 2.71. The van der Waals surface area contributed by atoms with Crippen LogP contribution in [0.5, 0.6) is 0 Å². The van der Waals surface area contributed by atoms with Gasteiger partial charge in [0.2, 0.25) is 0 Å². The fourth-order valence-corrected chi connectivity index (χ4v) is 2.08. The van der Waals surface area contributed by atoms with Crippen molar-refractivity contribution in [1.29, 1.82) is 0 Å². The number of aromatic nitrogens is 1. The Bertz CT molecular complexity index is 575. The first-order chi connectivity index (χ1) is 8.61. The van der Waals surface area contributed by atoms with Crippen molar-refractivity contribution in [3.63, 3.8) is 0 Å². The maximum absolute atomic E-state index is 5.82. The molecule has 0 aliphatic carbocycles. The Balaban J connectivity index is 2.49. The van der Waals surface area contributed by atoms with E-state index in [1.807, 2.05) is 32.2 Å². The van der Waals surface area contributed by atoms with Crippen LogP contribution in [0.15, 0.2) is 42.5 Å². The van der Waals surface area contributed by atoms with Crippen molar-refractivity contribution in [2.75, 3.05) is 18.5 Å². The number of benzene rings is 1. The zero-order valence-electron chi connectivity index (χ0n) is 11.0. The van der Waals surface area contributed by atoms with E-state index in [4.69, 9.17) is 5.73 Å². The van der Waals surface area contributed by atoms with E-state index in [0.717, 1.165) is 34.4 Å². The molecule has 0 atom stereocenters. The van der Waals surface area contributed by atoms with Crippen LogP contribution < -0.4 is 10.6 Å². The SMILES string of the molecule is C=C(C)CN(C)c1cc(CN)c2ccccc2n1. The molecule has 0 bridgehead atoms. The number of hydrogen-bond donors (Lipinski definition) is 1. The van der Waals surface area contributed by atoms with Crippen LogP contribution in [-0.2, 0) is 6.54 Å². The van der Waals surface area contributed by atoms with Crippen molar-refractivity contribution in [2.24, 2.45) is 5.73 Å². The molecule has 0 aliphatic heterocycles. The minimum Gasteiger partial charge on any atom is -0.356 e. The molecule has 0 saturated heterocycles. The summed E-state index contributed by atoms with van der Waals surface area (Å²) in [4.78, 5) is 6.76. The quantitative estimate of drug-likeness (QED) is 0.837. The van der Waals surface area contributed by atoms with Crippen LogP contribution in [0.2, 0.25) is 0 Å². The first-order valence-corrected chi connectivity index (χ1v) is 6.06. The first-order valence-electron chi connectivity index (χ1n) is 6.06. The maximum atomic E-state index is 5.82. The summed E-state index contributed by atoms with van der Waals surface area (Å²) in [7, 11) is 2.02. The normalized spacial score (nSPS) is 10.6. The summed E-state index contributed by atoms with van der Waals surface area (Å²) < 4.78 is 0. The molecule has 0 fully saturated rings. The fourth-order valence-electron chi connectivity index (χ4n) is 2.08. The van der Waals surface area contributed by atoms with Gasteiger partial charge in [0.25, 0.3) is 0 Å². The molecule has 0 spiro atoms. The molecule has 18 heavy (non-hydrogen) atoms. The summed E-state index contributed by atoms with van der Waals surface area (Å²) in [5.74, 6) is 0.942. The van der Waals surface area contributed by atoms with Gasteiger partial charge in [-0.25, -0.2) is 4.98 Å². The summed E-state index contributed by atoms with van der Waals surface area (Å²) in [6.07, 6.45) is 0. The highest BCUT2D eigenvalue weighted by atomic mass is 15.2. The van der Waals surface area contributed by atoms with Gasteiger partial charge in [-0.05, 0) is 24.6 Å². The number of pyridine rings is 1. The van der Waals surface area contributed by atoms with Crippen LogP contribution >= 0.6 is 0 Å². The Labute approximate surface area is 108 Å². The molecule has 94 valence electrons. The van der Waals surface area contributed by atoms with Crippen molar-refractivity contribution in [3.8, 4) is 0 Å². The monoisotopic (exact) mass is 241 g/mol. The third-order valence-electron chi connectivity index (χ3n) is 2.91. The Morgan fingerprint density at radius 1 is 1.39 bits per heavy atom. The molecule has 0 saturated carbocycles. The van der Waals surface area contributed by atoms with E-state index in [0.29, 0.717) is 6.54 Å². The van der Waals surface area contributed by atoms with Crippen LogP contribution in [0.1, 0.15) is 12.5 Å². The highest BCUT2D eigenvalue weighted by Gasteiger charge is 2.07. The molecule has 2 rings (SSSR count). The topological polar surface area (TPSA) is 42.1 Å². The Morgan fingerprint density at radius 2 is 2.11 bits per heavy atom. The molecule has 3 nitrogen and oxygen atoms in total. The second-order valence-corrected chi connectivity index (χ2v) is 4.67. The number of nitrogens with zero attached hydrogens (tertiary/aromatic N) is 2. The van der Waals surface area contributed by atoms with Gasteiger partial charge in [-0.1, -0.05) is 30.4 Å². The standard InChI is InChI=1S/C15H19N3/c1-11(2)10-18(3)15-8-12(9-16)13-6-4-5-7-14(13)17-15/h4-8H,1,9-10,16H2,2-3H3. The zero-order valence-corrected chi connectivity index (χ0v) is 11.0. The number of nitrogens with two attached hydrogens (primary N) is 1. The van der Waals surface area contributed by atoms with E-state index in [-0.39, 0.29) is 0 Å². The largest absolute Gasteiger partial charge is 0.356 e. The molecule has 0 aliphatic rings. The third kappa shape index (κ3) is 2.51. The molecule has 0 unspecified atom stereocenters. The van der Waals surface area contributed by atoms with Crippen molar-refractivity contribution < 1.29 is 0 Å². The van der Waals surface area contributed by atoms with Gasteiger partial charge in [0.15, 0.2) is 0 Å². The molecular weight excluding hydrogens is 222 g/mol. The number of anilines is 1. The van der Waals surface area contributed by atoms with E-state index in [1.165, 1.54) is 0 Å². The summed E-state index contributed by atoms with van der Waals surface area (Å²) in [5.41, 5.74) is 9.05. The lowest BCUT2D eigenvalue weighted by atomic mass is 10.1. The molecule has 1 aromatic carbocycles. The summed E-state index contributed by atoms with van der Waals surface area (Å²) in [6, 6.07) is 10.2. The van der Waals surface area contributed by atoms with Crippen LogP contribution in [0.25, 0.3) is 10.9 Å². The van der Waals surface area contributed by atoms with Crippen LogP contribution in [-0.4, -0.2) is 18.6 Å². The molecule has 0 amide bonds. The van der Waals surface area contributed by atoms with Gasteiger partial charge in [0.1, 0.15) is 5.82 Å². The minimum atomic E-state index is 0.525. The Kier molecular flexibility index (Phi) is 3.63. The fraction of sp³-hybridized carbons (Fsp3) is 0.267. The average molecular weight is 241 g/mol. The van der Waals surface area contributed by atoms with Crippen LogP contribution in [0.3, 0.4) is 0 Å². The van der Waals surface area contributed by atoms with Crippen molar-refractivity contribution in [2.45, 2.75) is 13.5 Å². The molecule has 1 heterocycles. The predicted molar refractivity (Wildman–Crippen MR) is 77.7 cm³/mol. The lowest BCUT2D eigenvalue weighted by Gasteiger charge is -2.19. The van der Waals surface area contributed by atoms with Crippen molar-refractivity contribution in [3.05, 3.63) is 48.0 Å². The number of para-hydroxylation sites is 1. The smallest absolute Gasteiger partial charge is 0.129 e. The summed E-state index contributed by atoms with van der Waals surface area (Å²) >= 11 is 0. The van der Waals surface area contributed by atoms with Crippen molar-refractivity contribution in [1.82, 2.24) is 4.98 Å². The Hall–Kier alpha value is -1.87. The number of rotatable bonds is 4.